The van der Waals surface area contributed by atoms with E-state index in [0.717, 1.165) is 34.2 Å². The Morgan fingerprint density at radius 1 is 1.22 bits per heavy atom. The number of ketones is 1. The van der Waals surface area contributed by atoms with E-state index < -0.39 is 17.7 Å². The van der Waals surface area contributed by atoms with E-state index in [1.165, 1.54) is 0 Å². The van der Waals surface area contributed by atoms with Crippen LogP contribution in [0, 0.1) is 12.8 Å². The number of carbonyl (C=O) groups is 2. The van der Waals surface area contributed by atoms with Crippen molar-refractivity contribution < 1.29 is 33.0 Å². The minimum Gasteiger partial charge on any atom is -0.478 e. The number of Topliss-reactive ketones (excluding diaryl/α,β-unsaturated/α-hetero) is 1. The lowest BCUT2D eigenvalue weighted by Gasteiger charge is -2.22. The van der Waals surface area contributed by atoms with Gasteiger partial charge in [0.05, 0.1) is 23.7 Å². The summed E-state index contributed by atoms with van der Waals surface area (Å²) in [5.74, 6) is -0.787. The monoisotopic (exact) mass is 398 g/mol. The SMILES string of the molecule is Cc1cccc2c1C(=O)C(CO)CS2.O=C(O)c1cccc(C(F)(F)F)c1. The molecule has 0 radical (unpaired) electrons. The largest absolute Gasteiger partial charge is 0.478 e. The lowest BCUT2D eigenvalue weighted by atomic mass is 9.96. The highest BCUT2D eigenvalue weighted by atomic mass is 32.2. The zero-order chi connectivity index (χ0) is 20.2. The van der Waals surface area contributed by atoms with Gasteiger partial charge in [0, 0.05) is 16.2 Å². The third-order valence-corrected chi connectivity index (χ3v) is 5.17. The average molecular weight is 398 g/mol. The van der Waals surface area contributed by atoms with Crippen molar-refractivity contribution >= 4 is 23.5 Å². The number of aromatic carboxylic acids is 1. The molecule has 0 fully saturated rings. The van der Waals surface area contributed by atoms with Crippen LogP contribution in [-0.4, -0.2) is 34.3 Å². The van der Waals surface area contributed by atoms with Crippen LogP contribution in [-0.2, 0) is 6.18 Å². The van der Waals surface area contributed by atoms with Gasteiger partial charge in [0.15, 0.2) is 5.78 Å². The van der Waals surface area contributed by atoms with Gasteiger partial charge in [0.1, 0.15) is 0 Å². The Morgan fingerprint density at radius 2 is 1.89 bits per heavy atom. The van der Waals surface area contributed by atoms with Crippen LogP contribution in [0.1, 0.15) is 31.8 Å². The molecule has 0 bridgehead atoms. The summed E-state index contributed by atoms with van der Waals surface area (Å²) in [6, 6.07) is 9.47. The van der Waals surface area contributed by atoms with Crippen molar-refractivity contribution in [3.63, 3.8) is 0 Å². The number of hydrogen-bond acceptors (Lipinski definition) is 4. The number of fused-ring (bicyclic) bond motifs is 1. The first-order chi connectivity index (χ1) is 12.6. The van der Waals surface area contributed by atoms with E-state index in [4.69, 9.17) is 10.2 Å². The zero-order valence-corrected chi connectivity index (χ0v) is 15.1. The van der Waals surface area contributed by atoms with Crippen molar-refractivity contribution in [2.75, 3.05) is 12.4 Å². The Hall–Kier alpha value is -2.32. The Kier molecular flexibility index (Phi) is 6.67. The van der Waals surface area contributed by atoms with Crippen LogP contribution >= 0.6 is 11.8 Å². The molecule has 0 saturated heterocycles. The molecule has 4 nitrogen and oxygen atoms in total. The Bertz CT molecular complexity index is 849. The van der Waals surface area contributed by atoms with Crippen molar-refractivity contribution in [3.8, 4) is 0 Å². The van der Waals surface area contributed by atoms with E-state index in [1.807, 2.05) is 25.1 Å². The van der Waals surface area contributed by atoms with E-state index in [-0.39, 0.29) is 23.9 Å². The number of thioether (sulfide) groups is 1. The minimum absolute atomic E-state index is 0.0421. The highest BCUT2D eigenvalue weighted by Gasteiger charge is 2.31. The van der Waals surface area contributed by atoms with Gasteiger partial charge in [-0.2, -0.15) is 13.2 Å². The summed E-state index contributed by atoms with van der Waals surface area (Å²) in [5, 5.41) is 17.5. The van der Waals surface area contributed by atoms with E-state index in [1.54, 1.807) is 11.8 Å². The van der Waals surface area contributed by atoms with Crippen molar-refractivity contribution in [3.05, 3.63) is 64.7 Å². The maximum atomic E-state index is 12.0. The lowest BCUT2D eigenvalue weighted by Crippen LogP contribution is -2.26. The molecule has 1 heterocycles. The molecule has 3 rings (SSSR count). The van der Waals surface area contributed by atoms with Gasteiger partial charge >= 0.3 is 12.1 Å². The molecule has 144 valence electrons. The average Bonchev–Trinajstić information content (AvgIpc) is 2.62. The Balaban J connectivity index is 0.000000194. The molecule has 0 saturated carbocycles. The van der Waals surface area contributed by atoms with Crippen molar-refractivity contribution in [1.29, 1.82) is 0 Å². The molecule has 1 aliphatic rings. The molecule has 2 N–H and O–H groups in total. The van der Waals surface area contributed by atoms with E-state index in [0.29, 0.717) is 11.8 Å². The first-order valence-corrected chi connectivity index (χ1v) is 8.91. The summed E-state index contributed by atoms with van der Waals surface area (Å²) < 4.78 is 36.1. The summed E-state index contributed by atoms with van der Waals surface area (Å²) in [6.45, 7) is 1.90. The summed E-state index contributed by atoms with van der Waals surface area (Å²) >= 11 is 1.66. The number of halogens is 3. The van der Waals surface area contributed by atoms with Crippen LogP contribution < -0.4 is 0 Å². The number of carboxylic acids is 1. The molecular weight excluding hydrogens is 381 g/mol. The first kappa shape index (κ1) is 21.0. The van der Waals surface area contributed by atoms with Crippen LogP contribution in [0.4, 0.5) is 13.2 Å². The number of rotatable bonds is 2. The molecule has 1 aliphatic heterocycles. The highest BCUT2D eigenvalue weighted by molar-refractivity contribution is 7.99. The second-order valence-electron chi connectivity index (χ2n) is 5.89. The van der Waals surface area contributed by atoms with Crippen LogP contribution in [0.15, 0.2) is 47.4 Å². The second kappa shape index (κ2) is 8.58. The first-order valence-electron chi connectivity index (χ1n) is 7.93. The summed E-state index contributed by atoms with van der Waals surface area (Å²) in [6.07, 6.45) is -4.49. The predicted molar refractivity (Wildman–Crippen MR) is 95.2 cm³/mol. The maximum Gasteiger partial charge on any atom is 0.416 e. The third-order valence-electron chi connectivity index (χ3n) is 3.95. The van der Waals surface area contributed by atoms with Crippen molar-refractivity contribution in [2.45, 2.75) is 18.0 Å². The van der Waals surface area contributed by atoms with Gasteiger partial charge in [-0.1, -0.05) is 18.2 Å². The number of aliphatic hydroxyl groups is 1. The number of alkyl halides is 3. The van der Waals surface area contributed by atoms with Gasteiger partial charge in [-0.3, -0.25) is 4.79 Å². The van der Waals surface area contributed by atoms with Crippen LogP contribution in [0.3, 0.4) is 0 Å². The number of aliphatic hydroxyl groups excluding tert-OH is 1. The Morgan fingerprint density at radius 3 is 2.48 bits per heavy atom. The quantitative estimate of drug-likeness (QED) is 0.789. The highest BCUT2D eigenvalue weighted by Crippen LogP contribution is 2.34. The summed E-state index contributed by atoms with van der Waals surface area (Å²) in [4.78, 5) is 23.3. The molecule has 2 aromatic rings. The molecule has 0 aromatic heterocycles. The van der Waals surface area contributed by atoms with Crippen molar-refractivity contribution in [1.82, 2.24) is 0 Å². The van der Waals surface area contributed by atoms with Gasteiger partial charge in [0.2, 0.25) is 0 Å². The summed E-state index contributed by atoms with van der Waals surface area (Å²) in [5.41, 5.74) is 0.503. The van der Waals surface area contributed by atoms with Crippen LogP contribution in [0.5, 0.6) is 0 Å². The molecular formula is C19H17F3O4S. The van der Waals surface area contributed by atoms with Gasteiger partial charge in [-0.05, 0) is 36.8 Å². The number of carbonyl (C=O) groups excluding carboxylic acids is 1. The van der Waals surface area contributed by atoms with Gasteiger partial charge in [0.25, 0.3) is 0 Å². The standard InChI is InChI=1S/C11H12O2S.C8H5F3O2/c1-7-3-2-4-9-10(7)11(13)8(5-12)6-14-9;9-8(10,11)6-3-1-2-5(4-6)7(12)13/h2-4,8,12H,5-6H2,1H3;1-4H,(H,12,13). The van der Waals surface area contributed by atoms with Gasteiger partial charge in [-0.15, -0.1) is 11.8 Å². The van der Waals surface area contributed by atoms with E-state index in [9.17, 15) is 22.8 Å². The molecule has 8 heteroatoms. The fraction of sp³-hybridized carbons (Fsp3) is 0.263. The molecule has 0 amide bonds. The molecule has 2 aromatic carbocycles. The number of aryl methyl sites for hydroxylation is 1. The smallest absolute Gasteiger partial charge is 0.416 e. The van der Waals surface area contributed by atoms with Crippen LogP contribution in [0.25, 0.3) is 0 Å². The number of carboxylic acid groups (broad SMARTS) is 1. The normalized spacial score (nSPS) is 16.2. The zero-order valence-electron chi connectivity index (χ0n) is 14.3. The topological polar surface area (TPSA) is 74.6 Å². The number of benzene rings is 2. The molecule has 0 spiro atoms. The van der Waals surface area contributed by atoms with E-state index in [2.05, 4.69) is 0 Å². The third kappa shape index (κ3) is 5.11. The number of hydrogen-bond donors (Lipinski definition) is 2. The lowest BCUT2D eigenvalue weighted by molar-refractivity contribution is -0.137. The predicted octanol–water partition coefficient (Wildman–Crippen LogP) is 4.30. The van der Waals surface area contributed by atoms with E-state index >= 15 is 0 Å². The molecule has 0 aliphatic carbocycles. The minimum atomic E-state index is -4.49. The second-order valence-corrected chi connectivity index (χ2v) is 6.95. The maximum absolute atomic E-state index is 12.0. The summed E-state index contributed by atoms with van der Waals surface area (Å²) in [7, 11) is 0. The molecule has 27 heavy (non-hydrogen) atoms. The van der Waals surface area contributed by atoms with Gasteiger partial charge < -0.3 is 10.2 Å². The fourth-order valence-corrected chi connectivity index (χ4v) is 3.73. The van der Waals surface area contributed by atoms with Gasteiger partial charge in [-0.25, -0.2) is 4.79 Å². The molecule has 1 unspecified atom stereocenters. The fourth-order valence-electron chi connectivity index (χ4n) is 2.51. The van der Waals surface area contributed by atoms with Crippen LogP contribution in [0.2, 0.25) is 0 Å². The van der Waals surface area contributed by atoms with Crippen molar-refractivity contribution in [2.24, 2.45) is 5.92 Å². The Labute approximate surface area is 158 Å². The molecule has 1 atom stereocenters.